The van der Waals surface area contributed by atoms with E-state index < -0.39 is 12.0 Å². The van der Waals surface area contributed by atoms with Crippen LogP contribution in [0.5, 0.6) is 0 Å². The smallest absolute Gasteiger partial charge is 0.360 e. The second-order valence-electron chi connectivity index (χ2n) is 5.23. The number of carbonyl (C=O) groups is 2. The molecule has 118 valence electrons. The standard InChI is InChI=1S/C14H24N4O3/c1-6-7-8-15-13(19)10(4)18-12(9(2)3)11(16-17-18)14(20)21-5/h9-10H,6-8H2,1-5H3,(H,15,19). The van der Waals surface area contributed by atoms with E-state index in [9.17, 15) is 9.59 Å². The average molecular weight is 296 g/mol. The Morgan fingerprint density at radius 1 is 1.33 bits per heavy atom. The molecular weight excluding hydrogens is 272 g/mol. The van der Waals surface area contributed by atoms with Gasteiger partial charge in [0.15, 0.2) is 5.69 Å². The number of nitrogens with zero attached hydrogens (tertiary/aromatic N) is 3. The number of amides is 1. The van der Waals surface area contributed by atoms with Crippen LogP contribution in [0.1, 0.15) is 68.7 Å². The van der Waals surface area contributed by atoms with Crippen molar-refractivity contribution in [2.45, 2.75) is 52.5 Å². The number of nitrogens with one attached hydrogen (secondary N) is 1. The van der Waals surface area contributed by atoms with E-state index >= 15 is 0 Å². The third-order valence-electron chi connectivity index (χ3n) is 3.23. The van der Waals surface area contributed by atoms with Gasteiger partial charge in [0.1, 0.15) is 6.04 Å². The zero-order valence-corrected chi connectivity index (χ0v) is 13.3. The number of carbonyl (C=O) groups excluding carboxylic acids is 2. The molecule has 7 nitrogen and oxygen atoms in total. The first-order valence-corrected chi connectivity index (χ1v) is 7.25. The highest BCUT2D eigenvalue weighted by Gasteiger charge is 2.27. The summed E-state index contributed by atoms with van der Waals surface area (Å²) < 4.78 is 6.20. The molecule has 1 heterocycles. The quantitative estimate of drug-likeness (QED) is 0.611. The maximum atomic E-state index is 12.1. The number of aromatic nitrogens is 3. The Bertz CT molecular complexity index is 496. The first-order valence-electron chi connectivity index (χ1n) is 7.25. The van der Waals surface area contributed by atoms with Gasteiger partial charge in [0.05, 0.1) is 12.8 Å². The van der Waals surface area contributed by atoms with Crippen molar-refractivity contribution in [1.82, 2.24) is 20.3 Å². The molecule has 21 heavy (non-hydrogen) atoms. The summed E-state index contributed by atoms with van der Waals surface area (Å²) in [4.78, 5) is 23.8. The molecular formula is C14H24N4O3. The molecule has 0 aliphatic heterocycles. The van der Waals surface area contributed by atoms with Crippen LogP contribution in [0.25, 0.3) is 0 Å². The van der Waals surface area contributed by atoms with Gasteiger partial charge in [-0.2, -0.15) is 0 Å². The van der Waals surface area contributed by atoms with Crippen molar-refractivity contribution >= 4 is 11.9 Å². The van der Waals surface area contributed by atoms with Crippen molar-refractivity contribution in [2.75, 3.05) is 13.7 Å². The molecule has 0 aliphatic rings. The second kappa shape index (κ2) is 7.75. The van der Waals surface area contributed by atoms with E-state index in [4.69, 9.17) is 4.74 Å². The molecule has 0 bridgehead atoms. The summed E-state index contributed by atoms with van der Waals surface area (Å²) in [6.07, 6.45) is 1.95. The highest BCUT2D eigenvalue weighted by molar-refractivity contribution is 5.88. The summed E-state index contributed by atoms with van der Waals surface area (Å²) >= 11 is 0. The number of hydrogen-bond donors (Lipinski definition) is 1. The lowest BCUT2D eigenvalue weighted by atomic mass is 10.1. The number of rotatable bonds is 7. The molecule has 7 heteroatoms. The number of ether oxygens (including phenoxy) is 1. The minimum absolute atomic E-state index is 0.00000758. The Morgan fingerprint density at radius 2 is 2.00 bits per heavy atom. The van der Waals surface area contributed by atoms with Crippen LogP contribution in [0.4, 0.5) is 0 Å². The third-order valence-corrected chi connectivity index (χ3v) is 3.23. The van der Waals surface area contributed by atoms with Crippen LogP contribution in [-0.4, -0.2) is 40.5 Å². The SMILES string of the molecule is CCCCNC(=O)C(C)n1nnc(C(=O)OC)c1C(C)C. The number of unbranched alkanes of at least 4 members (excludes halogenated alkanes) is 1. The van der Waals surface area contributed by atoms with Crippen molar-refractivity contribution < 1.29 is 14.3 Å². The van der Waals surface area contributed by atoms with Gasteiger partial charge in [0.2, 0.25) is 5.91 Å². The Morgan fingerprint density at radius 3 is 2.52 bits per heavy atom. The van der Waals surface area contributed by atoms with Gasteiger partial charge < -0.3 is 10.1 Å². The van der Waals surface area contributed by atoms with Crippen molar-refractivity contribution in [1.29, 1.82) is 0 Å². The molecule has 0 aliphatic carbocycles. The maximum Gasteiger partial charge on any atom is 0.360 e. The molecule has 1 unspecified atom stereocenters. The predicted octanol–water partition coefficient (Wildman–Crippen LogP) is 1.67. The van der Waals surface area contributed by atoms with Gasteiger partial charge in [0, 0.05) is 6.54 Å². The summed E-state index contributed by atoms with van der Waals surface area (Å²) in [7, 11) is 1.30. The summed E-state index contributed by atoms with van der Waals surface area (Å²) in [5, 5.41) is 10.7. The largest absolute Gasteiger partial charge is 0.464 e. The van der Waals surface area contributed by atoms with Crippen LogP contribution in [0.3, 0.4) is 0 Å². The number of hydrogen-bond acceptors (Lipinski definition) is 5. The normalized spacial score (nSPS) is 12.3. The summed E-state index contributed by atoms with van der Waals surface area (Å²) in [5.41, 5.74) is 0.778. The average Bonchev–Trinajstić information content (AvgIpc) is 2.90. The lowest BCUT2D eigenvalue weighted by molar-refractivity contribution is -0.124. The van der Waals surface area contributed by atoms with Crippen molar-refractivity contribution in [3.8, 4) is 0 Å². The summed E-state index contributed by atoms with van der Waals surface area (Å²) in [6.45, 7) is 8.28. The topological polar surface area (TPSA) is 86.1 Å². The maximum absolute atomic E-state index is 12.1. The van der Waals surface area contributed by atoms with E-state index in [2.05, 4.69) is 22.6 Å². The monoisotopic (exact) mass is 296 g/mol. The highest BCUT2D eigenvalue weighted by Crippen LogP contribution is 2.21. The molecule has 1 aromatic heterocycles. The van der Waals surface area contributed by atoms with Crippen molar-refractivity contribution in [3.05, 3.63) is 11.4 Å². The number of methoxy groups -OCH3 is 1. The van der Waals surface area contributed by atoms with E-state index in [1.807, 2.05) is 13.8 Å². The molecule has 1 rings (SSSR count). The van der Waals surface area contributed by atoms with E-state index in [0.717, 1.165) is 12.8 Å². The second-order valence-corrected chi connectivity index (χ2v) is 5.23. The lowest BCUT2D eigenvalue weighted by Crippen LogP contribution is -2.33. The lowest BCUT2D eigenvalue weighted by Gasteiger charge is -2.16. The van der Waals surface area contributed by atoms with E-state index in [1.54, 1.807) is 6.92 Å². The molecule has 0 saturated heterocycles. The molecule has 0 spiro atoms. The van der Waals surface area contributed by atoms with Gasteiger partial charge in [-0.1, -0.05) is 32.4 Å². The van der Waals surface area contributed by atoms with Gasteiger partial charge in [0.25, 0.3) is 0 Å². The summed E-state index contributed by atoms with van der Waals surface area (Å²) in [6, 6.07) is -0.523. The van der Waals surface area contributed by atoms with Gasteiger partial charge in [-0.05, 0) is 19.3 Å². The van der Waals surface area contributed by atoms with Crippen LogP contribution in [-0.2, 0) is 9.53 Å². The minimum atomic E-state index is -0.538. The Hall–Kier alpha value is -1.92. The van der Waals surface area contributed by atoms with Crippen LogP contribution in [0, 0.1) is 0 Å². The predicted molar refractivity (Wildman–Crippen MR) is 78.1 cm³/mol. The van der Waals surface area contributed by atoms with Crippen LogP contribution >= 0.6 is 0 Å². The zero-order chi connectivity index (χ0) is 16.0. The van der Waals surface area contributed by atoms with Gasteiger partial charge >= 0.3 is 5.97 Å². The molecule has 0 radical (unpaired) electrons. The Kier molecular flexibility index (Phi) is 6.33. The minimum Gasteiger partial charge on any atom is -0.464 e. The zero-order valence-electron chi connectivity index (χ0n) is 13.3. The summed E-state index contributed by atoms with van der Waals surface area (Å²) in [5.74, 6) is -0.671. The first kappa shape index (κ1) is 17.1. The molecule has 1 amide bonds. The van der Waals surface area contributed by atoms with Crippen molar-refractivity contribution in [3.63, 3.8) is 0 Å². The molecule has 0 saturated carbocycles. The van der Waals surface area contributed by atoms with E-state index in [-0.39, 0.29) is 17.5 Å². The van der Waals surface area contributed by atoms with Crippen LogP contribution in [0.15, 0.2) is 0 Å². The van der Waals surface area contributed by atoms with Crippen molar-refractivity contribution in [2.24, 2.45) is 0 Å². The molecule has 1 N–H and O–H groups in total. The fourth-order valence-corrected chi connectivity index (χ4v) is 2.01. The molecule has 0 fully saturated rings. The van der Waals surface area contributed by atoms with E-state index in [1.165, 1.54) is 11.8 Å². The fourth-order valence-electron chi connectivity index (χ4n) is 2.01. The van der Waals surface area contributed by atoms with E-state index in [0.29, 0.717) is 12.2 Å². The Balaban J connectivity index is 2.99. The van der Waals surface area contributed by atoms with Crippen LogP contribution in [0.2, 0.25) is 0 Å². The van der Waals surface area contributed by atoms with Gasteiger partial charge in [-0.25, -0.2) is 9.48 Å². The number of esters is 1. The van der Waals surface area contributed by atoms with Gasteiger partial charge in [-0.3, -0.25) is 4.79 Å². The fraction of sp³-hybridized carbons (Fsp3) is 0.714. The Labute approximate surface area is 125 Å². The molecule has 1 atom stereocenters. The van der Waals surface area contributed by atoms with Crippen LogP contribution < -0.4 is 5.32 Å². The highest BCUT2D eigenvalue weighted by atomic mass is 16.5. The molecule has 0 aromatic carbocycles. The first-order chi connectivity index (χ1) is 9.93. The third kappa shape index (κ3) is 4.03. The molecule has 1 aromatic rings. The van der Waals surface area contributed by atoms with Gasteiger partial charge in [-0.15, -0.1) is 5.10 Å².